The van der Waals surface area contributed by atoms with Crippen LogP contribution >= 0.6 is 0 Å². The SMILES string of the molecule is Cc1ccc(CNC2=N[C@H](c3ccccc3)[C@H](c3ccccc3)N2)cc1. The van der Waals surface area contributed by atoms with Gasteiger partial charge in [-0.05, 0) is 23.6 Å². The lowest BCUT2D eigenvalue weighted by atomic mass is 9.95. The third-order valence-corrected chi connectivity index (χ3v) is 4.76. The minimum Gasteiger partial charge on any atom is -0.352 e. The second kappa shape index (κ2) is 7.44. The molecule has 1 aliphatic rings. The summed E-state index contributed by atoms with van der Waals surface area (Å²) in [5.41, 5.74) is 5.00. The summed E-state index contributed by atoms with van der Waals surface area (Å²) in [7, 11) is 0. The summed E-state index contributed by atoms with van der Waals surface area (Å²) in [6.07, 6.45) is 0. The molecule has 3 heteroatoms. The predicted octanol–water partition coefficient (Wildman–Crippen LogP) is 4.53. The maximum absolute atomic E-state index is 4.94. The van der Waals surface area contributed by atoms with Crippen LogP contribution in [0.3, 0.4) is 0 Å². The summed E-state index contributed by atoms with van der Waals surface area (Å²) in [6.45, 7) is 2.86. The first-order valence-electron chi connectivity index (χ1n) is 9.03. The topological polar surface area (TPSA) is 36.4 Å². The number of benzene rings is 3. The van der Waals surface area contributed by atoms with E-state index in [-0.39, 0.29) is 12.1 Å². The Morgan fingerprint density at radius 3 is 2.08 bits per heavy atom. The van der Waals surface area contributed by atoms with Gasteiger partial charge in [-0.1, -0.05) is 90.5 Å². The summed E-state index contributed by atoms with van der Waals surface area (Å²) < 4.78 is 0. The van der Waals surface area contributed by atoms with Crippen LogP contribution in [0.2, 0.25) is 0 Å². The molecule has 0 amide bonds. The van der Waals surface area contributed by atoms with Gasteiger partial charge in [-0.15, -0.1) is 0 Å². The average molecular weight is 341 g/mol. The normalized spacial score (nSPS) is 18.9. The third kappa shape index (κ3) is 3.62. The number of nitrogens with one attached hydrogen (secondary N) is 2. The van der Waals surface area contributed by atoms with Crippen LogP contribution in [-0.2, 0) is 6.54 Å². The van der Waals surface area contributed by atoms with Crippen LogP contribution in [0.25, 0.3) is 0 Å². The zero-order chi connectivity index (χ0) is 17.8. The smallest absolute Gasteiger partial charge is 0.192 e. The van der Waals surface area contributed by atoms with Gasteiger partial charge in [-0.25, -0.2) is 4.99 Å². The van der Waals surface area contributed by atoms with Crippen LogP contribution in [0.15, 0.2) is 89.9 Å². The van der Waals surface area contributed by atoms with Crippen molar-refractivity contribution in [1.29, 1.82) is 0 Å². The highest BCUT2D eigenvalue weighted by molar-refractivity contribution is 5.82. The molecule has 0 radical (unpaired) electrons. The molecule has 0 saturated heterocycles. The first kappa shape index (κ1) is 16.4. The van der Waals surface area contributed by atoms with Crippen molar-refractivity contribution < 1.29 is 0 Å². The van der Waals surface area contributed by atoms with Crippen molar-refractivity contribution in [2.24, 2.45) is 4.99 Å². The van der Waals surface area contributed by atoms with Crippen molar-refractivity contribution in [3.05, 3.63) is 107 Å². The summed E-state index contributed by atoms with van der Waals surface area (Å²) in [4.78, 5) is 4.94. The van der Waals surface area contributed by atoms with Crippen molar-refractivity contribution in [2.75, 3.05) is 0 Å². The van der Waals surface area contributed by atoms with E-state index in [0.717, 1.165) is 12.5 Å². The van der Waals surface area contributed by atoms with E-state index in [9.17, 15) is 0 Å². The fraction of sp³-hybridized carbons (Fsp3) is 0.174. The lowest BCUT2D eigenvalue weighted by molar-refractivity contribution is 0.570. The van der Waals surface area contributed by atoms with Crippen LogP contribution in [0.4, 0.5) is 0 Å². The van der Waals surface area contributed by atoms with Gasteiger partial charge in [0.2, 0.25) is 0 Å². The highest BCUT2D eigenvalue weighted by atomic mass is 15.3. The lowest BCUT2D eigenvalue weighted by Crippen LogP contribution is -2.35. The Morgan fingerprint density at radius 1 is 0.808 bits per heavy atom. The van der Waals surface area contributed by atoms with E-state index in [1.807, 2.05) is 12.1 Å². The fourth-order valence-electron chi connectivity index (χ4n) is 3.31. The molecule has 0 fully saturated rings. The van der Waals surface area contributed by atoms with Crippen LogP contribution in [0, 0.1) is 6.92 Å². The molecular formula is C23H23N3. The number of hydrogen-bond donors (Lipinski definition) is 2. The molecule has 4 rings (SSSR count). The highest BCUT2D eigenvalue weighted by Gasteiger charge is 2.30. The maximum atomic E-state index is 4.94. The number of hydrogen-bond acceptors (Lipinski definition) is 3. The number of nitrogens with zero attached hydrogens (tertiary/aromatic N) is 1. The number of aryl methyl sites for hydroxylation is 1. The van der Waals surface area contributed by atoms with E-state index >= 15 is 0 Å². The van der Waals surface area contributed by atoms with Crippen LogP contribution in [0.5, 0.6) is 0 Å². The van der Waals surface area contributed by atoms with Gasteiger partial charge in [-0.3, -0.25) is 0 Å². The Kier molecular flexibility index (Phi) is 4.69. The number of aliphatic imine (C=N–C) groups is 1. The molecule has 26 heavy (non-hydrogen) atoms. The first-order valence-corrected chi connectivity index (χ1v) is 9.03. The molecule has 1 heterocycles. The van der Waals surface area contributed by atoms with Gasteiger partial charge < -0.3 is 10.6 Å². The van der Waals surface area contributed by atoms with Crippen LogP contribution in [0.1, 0.15) is 34.3 Å². The van der Waals surface area contributed by atoms with Crippen molar-refractivity contribution in [3.63, 3.8) is 0 Å². The minimum absolute atomic E-state index is 0.0686. The largest absolute Gasteiger partial charge is 0.352 e. The number of rotatable bonds is 4. The van der Waals surface area contributed by atoms with Gasteiger partial charge in [0.15, 0.2) is 5.96 Å². The van der Waals surface area contributed by atoms with E-state index < -0.39 is 0 Å². The average Bonchev–Trinajstić information content (AvgIpc) is 3.13. The van der Waals surface area contributed by atoms with Gasteiger partial charge >= 0.3 is 0 Å². The molecule has 130 valence electrons. The lowest BCUT2D eigenvalue weighted by Gasteiger charge is -2.19. The third-order valence-electron chi connectivity index (χ3n) is 4.76. The molecule has 2 N–H and O–H groups in total. The molecule has 0 bridgehead atoms. The molecule has 0 aliphatic carbocycles. The molecular weight excluding hydrogens is 318 g/mol. The van der Waals surface area contributed by atoms with Gasteiger partial charge in [0.05, 0.1) is 6.04 Å². The van der Waals surface area contributed by atoms with Crippen molar-refractivity contribution in [3.8, 4) is 0 Å². The van der Waals surface area contributed by atoms with Gasteiger partial charge in [0.25, 0.3) is 0 Å². The molecule has 3 nitrogen and oxygen atoms in total. The second-order valence-electron chi connectivity index (χ2n) is 6.71. The zero-order valence-corrected chi connectivity index (χ0v) is 14.9. The Morgan fingerprint density at radius 2 is 1.42 bits per heavy atom. The van der Waals surface area contributed by atoms with Crippen molar-refractivity contribution >= 4 is 5.96 Å². The quantitative estimate of drug-likeness (QED) is 0.732. The van der Waals surface area contributed by atoms with E-state index in [1.165, 1.54) is 22.3 Å². The van der Waals surface area contributed by atoms with Crippen LogP contribution < -0.4 is 10.6 Å². The Bertz CT molecular complexity index is 870. The molecule has 0 aromatic heterocycles. The van der Waals surface area contributed by atoms with Gasteiger partial charge in [-0.2, -0.15) is 0 Å². The van der Waals surface area contributed by atoms with E-state index in [0.29, 0.717) is 0 Å². The molecule has 2 atom stereocenters. The summed E-state index contributed by atoms with van der Waals surface area (Å²) in [5.74, 6) is 0.855. The van der Waals surface area contributed by atoms with E-state index in [2.05, 4.69) is 90.4 Å². The highest BCUT2D eigenvalue weighted by Crippen LogP contribution is 2.35. The number of guanidine groups is 1. The van der Waals surface area contributed by atoms with E-state index in [4.69, 9.17) is 4.99 Å². The minimum atomic E-state index is 0.0686. The molecule has 0 saturated carbocycles. The first-order chi connectivity index (χ1) is 12.8. The zero-order valence-electron chi connectivity index (χ0n) is 14.9. The van der Waals surface area contributed by atoms with Gasteiger partial charge in [0, 0.05) is 6.54 Å². The Hall–Kier alpha value is -3.07. The monoisotopic (exact) mass is 341 g/mol. The van der Waals surface area contributed by atoms with E-state index in [1.54, 1.807) is 0 Å². The van der Waals surface area contributed by atoms with Crippen LogP contribution in [-0.4, -0.2) is 5.96 Å². The summed E-state index contributed by atoms with van der Waals surface area (Å²) in [5, 5.41) is 7.03. The Balaban J connectivity index is 1.55. The molecule has 3 aromatic carbocycles. The molecule has 0 unspecified atom stereocenters. The maximum Gasteiger partial charge on any atom is 0.192 e. The van der Waals surface area contributed by atoms with Crippen molar-refractivity contribution in [1.82, 2.24) is 10.6 Å². The van der Waals surface area contributed by atoms with Crippen molar-refractivity contribution in [2.45, 2.75) is 25.6 Å². The molecule has 1 aliphatic heterocycles. The predicted molar refractivity (Wildman–Crippen MR) is 107 cm³/mol. The summed E-state index contributed by atoms with van der Waals surface area (Å²) in [6, 6.07) is 29.8. The molecule has 0 spiro atoms. The second-order valence-corrected chi connectivity index (χ2v) is 6.71. The Labute approximate surface area is 154 Å². The van der Waals surface area contributed by atoms with Gasteiger partial charge in [0.1, 0.15) is 6.04 Å². The standard InChI is InChI=1S/C23H23N3/c1-17-12-14-18(15-13-17)16-24-23-25-21(19-8-4-2-5-9-19)22(26-23)20-10-6-3-7-11-20/h2-15,21-22H,16H2,1H3,(H2,24,25,26)/t21-,22+. The summed E-state index contributed by atoms with van der Waals surface area (Å²) >= 11 is 0. The molecule has 3 aromatic rings. The fourth-order valence-corrected chi connectivity index (χ4v) is 3.31.